The number of amides is 1. The molecule has 1 saturated heterocycles. The second kappa shape index (κ2) is 7.61. The van der Waals surface area contributed by atoms with Gasteiger partial charge in [0.1, 0.15) is 5.75 Å². The summed E-state index contributed by atoms with van der Waals surface area (Å²) in [5, 5.41) is 2.63. The lowest BCUT2D eigenvalue weighted by Crippen LogP contribution is -2.45. The molecule has 1 aromatic rings. The van der Waals surface area contributed by atoms with Crippen LogP contribution in [0.5, 0.6) is 5.75 Å². The molecule has 0 bridgehead atoms. The van der Waals surface area contributed by atoms with E-state index in [-0.39, 0.29) is 6.04 Å². The zero-order valence-electron chi connectivity index (χ0n) is 12.0. The van der Waals surface area contributed by atoms with E-state index in [2.05, 4.69) is 16.3 Å². The number of nitrogens with one attached hydrogen (secondary N) is 1. The quantitative estimate of drug-likeness (QED) is 0.848. The predicted molar refractivity (Wildman–Crippen MR) is 80.2 cm³/mol. The third kappa shape index (κ3) is 4.86. The lowest BCUT2D eigenvalue weighted by Gasteiger charge is -2.32. The Morgan fingerprint density at radius 2 is 2.24 bits per heavy atom. The van der Waals surface area contributed by atoms with Crippen molar-refractivity contribution in [1.29, 1.82) is 0 Å². The van der Waals surface area contributed by atoms with Gasteiger partial charge in [0.25, 0.3) is 11.5 Å². The Labute approximate surface area is 129 Å². The molecule has 1 amide bonds. The standard InChI is InChI=1S/C15H20ClFN2O2/c1-21-13-4-2-3-11(9-13)10-19-7-5-12(6-8-19)18-15(20)14(16)17/h2-4,9,12,14H,5-8,10H2,1H3,(H,18,20). The van der Waals surface area contributed by atoms with Crippen LogP contribution in [0.25, 0.3) is 0 Å². The summed E-state index contributed by atoms with van der Waals surface area (Å²) in [7, 11) is 1.66. The second-order valence-electron chi connectivity index (χ2n) is 5.21. The number of carbonyl (C=O) groups excluding carboxylic acids is 1. The number of methoxy groups -OCH3 is 1. The van der Waals surface area contributed by atoms with E-state index >= 15 is 0 Å². The summed E-state index contributed by atoms with van der Waals surface area (Å²) in [4.78, 5) is 13.5. The van der Waals surface area contributed by atoms with Gasteiger partial charge in [-0.2, -0.15) is 0 Å². The van der Waals surface area contributed by atoms with Crippen LogP contribution in [0.2, 0.25) is 0 Å². The van der Waals surface area contributed by atoms with E-state index in [0.717, 1.165) is 38.2 Å². The van der Waals surface area contributed by atoms with Crippen LogP contribution in [-0.4, -0.2) is 42.7 Å². The van der Waals surface area contributed by atoms with Crippen LogP contribution in [-0.2, 0) is 11.3 Å². The second-order valence-corrected chi connectivity index (χ2v) is 5.59. The minimum absolute atomic E-state index is 0.0102. The Bertz CT molecular complexity index is 476. The fourth-order valence-electron chi connectivity index (χ4n) is 2.53. The fourth-order valence-corrected chi connectivity index (χ4v) is 2.59. The number of benzene rings is 1. The maximum Gasteiger partial charge on any atom is 0.270 e. The average molecular weight is 315 g/mol. The Balaban J connectivity index is 1.80. The first-order valence-electron chi connectivity index (χ1n) is 7.02. The number of ether oxygens (including phenoxy) is 1. The number of carbonyl (C=O) groups is 1. The zero-order chi connectivity index (χ0) is 15.2. The van der Waals surface area contributed by atoms with E-state index < -0.39 is 11.5 Å². The van der Waals surface area contributed by atoms with Gasteiger partial charge in [-0.25, -0.2) is 4.39 Å². The number of hydrogen-bond acceptors (Lipinski definition) is 3. The van der Waals surface area contributed by atoms with Gasteiger partial charge < -0.3 is 10.1 Å². The molecule has 4 nitrogen and oxygen atoms in total. The average Bonchev–Trinajstić information content (AvgIpc) is 2.49. The summed E-state index contributed by atoms with van der Waals surface area (Å²) >= 11 is 5.11. The fraction of sp³-hybridized carbons (Fsp3) is 0.533. The normalized spacial score (nSPS) is 18.2. The molecule has 21 heavy (non-hydrogen) atoms. The highest BCUT2D eigenvalue weighted by Gasteiger charge is 2.23. The van der Waals surface area contributed by atoms with Crippen molar-refractivity contribution in [2.24, 2.45) is 0 Å². The van der Waals surface area contributed by atoms with Gasteiger partial charge in [0.05, 0.1) is 7.11 Å². The van der Waals surface area contributed by atoms with Gasteiger partial charge in [-0.15, -0.1) is 0 Å². The molecule has 0 aliphatic carbocycles. The molecule has 1 heterocycles. The maximum absolute atomic E-state index is 12.6. The molecule has 0 saturated carbocycles. The van der Waals surface area contributed by atoms with Crippen LogP contribution in [0, 0.1) is 0 Å². The summed E-state index contributed by atoms with van der Waals surface area (Å²) in [6.45, 7) is 2.57. The molecule has 1 aromatic carbocycles. The van der Waals surface area contributed by atoms with Gasteiger partial charge >= 0.3 is 0 Å². The van der Waals surface area contributed by atoms with Crippen molar-refractivity contribution in [2.75, 3.05) is 20.2 Å². The van der Waals surface area contributed by atoms with Crippen LogP contribution >= 0.6 is 11.6 Å². The van der Waals surface area contributed by atoms with Gasteiger partial charge in [0, 0.05) is 25.7 Å². The Morgan fingerprint density at radius 3 is 2.86 bits per heavy atom. The molecular weight excluding hydrogens is 295 g/mol. The predicted octanol–water partition coefficient (Wildman–Crippen LogP) is 2.31. The smallest absolute Gasteiger partial charge is 0.270 e. The number of nitrogens with zero attached hydrogens (tertiary/aromatic N) is 1. The molecule has 2 rings (SSSR count). The highest BCUT2D eigenvalue weighted by atomic mass is 35.5. The van der Waals surface area contributed by atoms with Gasteiger partial charge in [-0.1, -0.05) is 23.7 Å². The van der Waals surface area contributed by atoms with Crippen molar-refractivity contribution >= 4 is 17.5 Å². The monoisotopic (exact) mass is 314 g/mol. The number of halogens is 2. The molecule has 1 unspecified atom stereocenters. The molecule has 1 aliphatic heterocycles. The Hall–Kier alpha value is -1.33. The number of alkyl halides is 2. The van der Waals surface area contributed by atoms with Crippen molar-refractivity contribution in [3.8, 4) is 5.75 Å². The number of piperidine rings is 1. The Morgan fingerprint density at radius 1 is 1.52 bits per heavy atom. The van der Waals surface area contributed by atoms with Gasteiger partial charge in [-0.3, -0.25) is 9.69 Å². The molecule has 6 heteroatoms. The molecule has 1 N–H and O–H groups in total. The van der Waals surface area contributed by atoms with Gasteiger partial charge in [-0.05, 0) is 30.5 Å². The first kappa shape index (κ1) is 16.0. The molecule has 116 valence electrons. The minimum atomic E-state index is -1.96. The molecule has 1 aliphatic rings. The summed E-state index contributed by atoms with van der Waals surface area (Å²) in [6, 6.07) is 8.00. The highest BCUT2D eigenvalue weighted by Crippen LogP contribution is 2.17. The molecule has 0 radical (unpaired) electrons. The van der Waals surface area contributed by atoms with E-state index in [1.54, 1.807) is 7.11 Å². The molecule has 0 spiro atoms. The number of likely N-dealkylation sites (tertiary alicyclic amines) is 1. The summed E-state index contributed by atoms with van der Waals surface area (Å²) < 4.78 is 17.8. The van der Waals surface area contributed by atoms with E-state index in [1.165, 1.54) is 5.56 Å². The maximum atomic E-state index is 12.6. The highest BCUT2D eigenvalue weighted by molar-refractivity contribution is 6.29. The van der Waals surface area contributed by atoms with Crippen LogP contribution in [0.15, 0.2) is 24.3 Å². The van der Waals surface area contributed by atoms with Crippen LogP contribution < -0.4 is 10.1 Å². The lowest BCUT2D eigenvalue weighted by atomic mass is 10.0. The van der Waals surface area contributed by atoms with Gasteiger partial charge in [0.2, 0.25) is 0 Å². The van der Waals surface area contributed by atoms with Crippen LogP contribution in [0.4, 0.5) is 4.39 Å². The van der Waals surface area contributed by atoms with Crippen molar-refractivity contribution < 1.29 is 13.9 Å². The largest absolute Gasteiger partial charge is 0.497 e. The third-order valence-corrected chi connectivity index (χ3v) is 3.87. The van der Waals surface area contributed by atoms with Crippen LogP contribution in [0.3, 0.4) is 0 Å². The lowest BCUT2D eigenvalue weighted by molar-refractivity contribution is -0.124. The Kier molecular flexibility index (Phi) is 5.82. The molecule has 1 fully saturated rings. The zero-order valence-corrected chi connectivity index (χ0v) is 12.8. The first-order chi connectivity index (χ1) is 10.1. The van der Waals surface area contributed by atoms with E-state index in [1.807, 2.05) is 18.2 Å². The third-order valence-electron chi connectivity index (χ3n) is 3.67. The number of hydrogen-bond donors (Lipinski definition) is 1. The van der Waals surface area contributed by atoms with Crippen molar-refractivity contribution in [1.82, 2.24) is 10.2 Å². The first-order valence-corrected chi connectivity index (χ1v) is 7.46. The van der Waals surface area contributed by atoms with Crippen LogP contribution in [0.1, 0.15) is 18.4 Å². The van der Waals surface area contributed by atoms with Crippen molar-refractivity contribution in [2.45, 2.75) is 31.1 Å². The molecular formula is C15H20ClFN2O2. The minimum Gasteiger partial charge on any atom is -0.497 e. The van der Waals surface area contributed by atoms with E-state index in [4.69, 9.17) is 16.3 Å². The molecule has 0 aromatic heterocycles. The number of rotatable bonds is 5. The summed E-state index contributed by atoms with van der Waals surface area (Å²) in [5.41, 5.74) is -0.763. The summed E-state index contributed by atoms with van der Waals surface area (Å²) in [5.74, 6) is 0.119. The van der Waals surface area contributed by atoms with E-state index in [0.29, 0.717) is 0 Å². The topological polar surface area (TPSA) is 41.6 Å². The van der Waals surface area contributed by atoms with Gasteiger partial charge in [0.15, 0.2) is 0 Å². The van der Waals surface area contributed by atoms with E-state index in [9.17, 15) is 9.18 Å². The molecule has 1 atom stereocenters. The van der Waals surface area contributed by atoms with Crippen molar-refractivity contribution in [3.05, 3.63) is 29.8 Å². The van der Waals surface area contributed by atoms with Crippen molar-refractivity contribution in [3.63, 3.8) is 0 Å². The summed E-state index contributed by atoms with van der Waals surface area (Å²) in [6.07, 6.45) is 1.61. The SMILES string of the molecule is COc1cccc(CN2CCC(NC(=O)C(F)Cl)CC2)c1.